The van der Waals surface area contributed by atoms with Gasteiger partial charge in [-0.3, -0.25) is 4.79 Å². The minimum atomic E-state index is -0.289. The van der Waals surface area contributed by atoms with Gasteiger partial charge in [-0.15, -0.1) is 12.4 Å². The summed E-state index contributed by atoms with van der Waals surface area (Å²) in [6, 6.07) is 3.93. The van der Waals surface area contributed by atoms with E-state index in [0.717, 1.165) is 10.0 Å². The molecule has 0 fully saturated rings. The summed E-state index contributed by atoms with van der Waals surface area (Å²) in [5.41, 5.74) is 0.818. The first-order valence-electron chi connectivity index (χ1n) is 8.55. The van der Waals surface area contributed by atoms with Crippen LogP contribution in [0.3, 0.4) is 0 Å². The van der Waals surface area contributed by atoms with Gasteiger partial charge < -0.3 is 20.1 Å². The van der Waals surface area contributed by atoms with Gasteiger partial charge in [0, 0.05) is 17.6 Å². The van der Waals surface area contributed by atoms with Crippen molar-refractivity contribution < 1.29 is 14.3 Å². The number of hydrogen-bond donors (Lipinski definition) is 2. The lowest BCUT2D eigenvalue weighted by molar-refractivity contribution is -0.124. The van der Waals surface area contributed by atoms with E-state index in [1.165, 1.54) is 0 Å². The van der Waals surface area contributed by atoms with Crippen molar-refractivity contribution in [2.24, 2.45) is 0 Å². The van der Waals surface area contributed by atoms with E-state index < -0.39 is 0 Å². The standard InChI is InChI=1S/C19H31BrN2O3.ClH/c1-8-24-15-10-13(11-21-18(2,3)4)9-14(20)17(15)25-12-16(23)22-19(5,6)7;/h9-10,21H,8,11-12H2,1-7H3,(H,22,23);1H. The Morgan fingerprint density at radius 1 is 1.08 bits per heavy atom. The fourth-order valence-corrected chi connectivity index (χ4v) is 2.69. The smallest absolute Gasteiger partial charge is 0.258 e. The molecule has 5 nitrogen and oxygen atoms in total. The van der Waals surface area contributed by atoms with Crippen LogP contribution >= 0.6 is 28.3 Å². The number of ether oxygens (including phenoxy) is 2. The highest BCUT2D eigenvalue weighted by Gasteiger charge is 2.18. The van der Waals surface area contributed by atoms with E-state index in [0.29, 0.717) is 24.7 Å². The van der Waals surface area contributed by atoms with Gasteiger partial charge in [0.05, 0.1) is 11.1 Å². The van der Waals surface area contributed by atoms with Crippen LogP contribution in [0.1, 0.15) is 54.0 Å². The van der Waals surface area contributed by atoms with Crippen molar-refractivity contribution in [3.05, 3.63) is 22.2 Å². The Morgan fingerprint density at radius 3 is 2.19 bits per heavy atom. The van der Waals surface area contributed by atoms with E-state index in [2.05, 4.69) is 47.3 Å². The molecular formula is C19H32BrClN2O3. The van der Waals surface area contributed by atoms with Gasteiger partial charge in [0.2, 0.25) is 0 Å². The highest BCUT2D eigenvalue weighted by molar-refractivity contribution is 9.10. The zero-order valence-corrected chi connectivity index (χ0v) is 19.2. The maximum Gasteiger partial charge on any atom is 0.258 e. The van der Waals surface area contributed by atoms with Crippen LogP contribution in [-0.4, -0.2) is 30.2 Å². The molecule has 0 spiro atoms. The summed E-state index contributed by atoms with van der Waals surface area (Å²) < 4.78 is 12.2. The van der Waals surface area contributed by atoms with Gasteiger partial charge in [-0.05, 0) is 82.1 Å². The highest BCUT2D eigenvalue weighted by atomic mass is 79.9. The summed E-state index contributed by atoms with van der Waals surface area (Å²) in [5, 5.41) is 6.33. The number of hydrogen-bond acceptors (Lipinski definition) is 4. The molecule has 0 aliphatic rings. The molecule has 0 atom stereocenters. The van der Waals surface area contributed by atoms with Gasteiger partial charge in [0.1, 0.15) is 0 Å². The summed E-state index contributed by atoms with van der Waals surface area (Å²) in [5.74, 6) is 1.01. The molecule has 1 aromatic carbocycles. The topological polar surface area (TPSA) is 59.6 Å². The number of carbonyl (C=O) groups excluding carboxylic acids is 1. The van der Waals surface area contributed by atoms with E-state index in [-0.39, 0.29) is 36.0 Å². The minimum Gasteiger partial charge on any atom is -0.490 e. The second-order valence-electron chi connectivity index (χ2n) is 8.03. The van der Waals surface area contributed by atoms with Crippen LogP contribution in [0, 0.1) is 0 Å². The van der Waals surface area contributed by atoms with Gasteiger partial charge in [0.15, 0.2) is 18.1 Å². The molecular weight excluding hydrogens is 420 g/mol. The molecule has 150 valence electrons. The predicted molar refractivity (Wildman–Crippen MR) is 113 cm³/mol. The first-order valence-corrected chi connectivity index (χ1v) is 9.34. The zero-order valence-electron chi connectivity index (χ0n) is 16.8. The molecule has 2 N–H and O–H groups in total. The Hall–Kier alpha value is -0.980. The highest BCUT2D eigenvalue weighted by Crippen LogP contribution is 2.37. The lowest BCUT2D eigenvalue weighted by Crippen LogP contribution is -2.43. The van der Waals surface area contributed by atoms with Crippen LogP contribution in [0.15, 0.2) is 16.6 Å². The number of halogens is 2. The van der Waals surface area contributed by atoms with Gasteiger partial charge in [-0.1, -0.05) is 0 Å². The van der Waals surface area contributed by atoms with Crippen LogP contribution < -0.4 is 20.1 Å². The Kier molecular flexibility index (Phi) is 9.99. The van der Waals surface area contributed by atoms with Crippen LogP contribution in [0.5, 0.6) is 11.5 Å². The number of amides is 1. The fraction of sp³-hybridized carbons (Fsp3) is 0.632. The first kappa shape index (κ1) is 25.0. The predicted octanol–water partition coefficient (Wildman–Crippen LogP) is 4.45. The van der Waals surface area contributed by atoms with Crippen LogP contribution in [0.25, 0.3) is 0 Å². The average Bonchev–Trinajstić information content (AvgIpc) is 2.42. The van der Waals surface area contributed by atoms with E-state index in [4.69, 9.17) is 9.47 Å². The Labute approximate surface area is 172 Å². The summed E-state index contributed by atoms with van der Waals surface area (Å²) >= 11 is 3.54. The van der Waals surface area contributed by atoms with Crippen molar-refractivity contribution in [1.29, 1.82) is 0 Å². The molecule has 0 aliphatic carbocycles. The monoisotopic (exact) mass is 450 g/mol. The van der Waals surface area contributed by atoms with Crippen molar-refractivity contribution in [2.45, 2.75) is 66.1 Å². The number of nitrogens with one attached hydrogen (secondary N) is 2. The molecule has 0 saturated carbocycles. The van der Waals surface area contributed by atoms with E-state index in [1.807, 2.05) is 39.8 Å². The number of rotatable bonds is 7. The molecule has 0 aliphatic heterocycles. The molecule has 0 unspecified atom stereocenters. The fourth-order valence-electron chi connectivity index (χ4n) is 2.09. The summed E-state index contributed by atoms with van der Waals surface area (Å²) in [6.07, 6.45) is 0. The van der Waals surface area contributed by atoms with E-state index in [1.54, 1.807) is 0 Å². The molecule has 0 heterocycles. The first-order chi connectivity index (χ1) is 11.4. The molecule has 0 bridgehead atoms. The molecule has 26 heavy (non-hydrogen) atoms. The third-order valence-corrected chi connectivity index (χ3v) is 3.64. The van der Waals surface area contributed by atoms with Gasteiger partial charge in [-0.2, -0.15) is 0 Å². The molecule has 0 saturated heterocycles. The average molecular weight is 452 g/mol. The van der Waals surface area contributed by atoms with Crippen LogP contribution in [0.4, 0.5) is 0 Å². The molecule has 0 radical (unpaired) electrons. The Bertz CT molecular complexity index is 596. The molecule has 1 rings (SSSR count). The summed E-state index contributed by atoms with van der Waals surface area (Å²) in [4.78, 5) is 12.0. The van der Waals surface area contributed by atoms with E-state index in [9.17, 15) is 4.79 Å². The Morgan fingerprint density at radius 2 is 1.69 bits per heavy atom. The normalized spacial score (nSPS) is 11.5. The summed E-state index contributed by atoms with van der Waals surface area (Å²) in [6.45, 7) is 15.3. The van der Waals surface area contributed by atoms with Crippen molar-refractivity contribution in [3.8, 4) is 11.5 Å². The van der Waals surface area contributed by atoms with Crippen molar-refractivity contribution in [1.82, 2.24) is 10.6 Å². The molecule has 1 amide bonds. The van der Waals surface area contributed by atoms with Crippen molar-refractivity contribution in [2.75, 3.05) is 13.2 Å². The summed E-state index contributed by atoms with van der Waals surface area (Å²) in [7, 11) is 0. The number of benzene rings is 1. The SMILES string of the molecule is CCOc1cc(CNC(C)(C)C)cc(Br)c1OCC(=O)NC(C)(C)C.Cl. The van der Waals surface area contributed by atoms with Gasteiger partial charge in [0.25, 0.3) is 5.91 Å². The zero-order chi connectivity index (χ0) is 19.3. The molecule has 1 aromatic rings. The van der Waals surface area contributed by atoms with Crippen molar-refractivity contribution >= 4 is 34.2 Å². The largest absolute Gasteiger partial charge is 0.490 e. The van der Waals surface area contributed by atoms with E-state index >= 15 is 0 Å². The molecule has 7 heteroatoms. The maximum absolute atomic E-state index is 12.0. The molecule has 0 aromatic heterocycles. The van der Waals surface area contributed by atoms with Crippen LogP contribution in [-0.2, 0) is 11.3 Å². The quantitative estimate of drug-likeness (QED) is 0.643. The third kappa shape index (κ3) is 9.64. The second kappa shape index (κ2) is 10.4. The Balaban J connectivity index is 0.00000625. The number of carbonyl (C=O) groups is 1. The second-order valence-corrected chi connectivity index (χ2v) is 8.88. The lowest BCUT2D eigenvalue weighted by Gasteiger charge is -2.22. The minimum absolute atomic E-state index is 0. The van der Waals surface area contributed by atoms with Gasteiger partial charge in [-0.25, -0.2) is 0 Å². The third-order valence-electron chi connectivity index (χ3n) is 3.05. The van der Waals surface area contributed by atoms with Gasteiger partial charge >= 0.3 is 0 Å². The van der Waals surface area contributed by atoms with Crippen LogP contribution in [0.2, 0.25) is 0 Å². The van der Waals surface area contributed by atoms with Crippen molar-refractivity contribution in [3.63, 3.8) is 0 Å². The maximum atomic E-state index is 12.0. The lowest BCUT2D eigenvalue weighted by atomic mass is 10.1.